The average molecular weight is 292 g/mol. The van der Waals surface area contributed by atoms with Crippen LogP contribution < -0.4 is 24.8 Å². The van der Waals surface area contributed by atoms with Gasteiger partial charge in [-0.1, -0.05) is 0 Å². The second-order valence-electron chi connectivity index (χ2n) is 2.58. The third-order valence-electron chi connectivity index (χ3n) is 1.17. The molecule has 16 heavy (non-hydrogen) atoms. The van der Waals surface area contributed by atoms with Crippen LogP contribution in [0.5, 0.6) is 0 Å². The minimum Gasteiger partial charge on any atom is -1.00 e. The molecule has 2 aliphatic carbocycles. The Morgan fingerprint density at radius 3 is 1.25 bits per heavy atom. The second kappa shape index (κ2) is 24.5. The van der Waals surface area contributed by atoms with Gasteiger partial charge in [-0.3, -0.25) is 12.2 Å². The average Bonchev–Trinajstić information content (AvgIpc) is 2.85. The van der Waals surface area contributed by atoms with E-state index in [9.17, 15) is 0 Å². The first kappa shape index (κ1) is 25.2. The maximum Gasteiger partial charge on any atom is 2.00 e. The summed E-state index contributed by atoms with van der Waals surface area (Å²) in [6.45, 7) is 4.00. The van der Waals surface area contributed by atoms with Crippen LogP contribution in [0, 0.1) is 18.6 Å². The normalized spacial score (nSPS) is 12.1. The molecule has 0 aromatic carbocycles. The molecule has 0 aromatic rings. The minimum absolute atomic E-state index is 0. The van der Waals surface area contributed by atoms with Crippen LogP contribution in [0.2, 0.25) is 0 Å². The molecule has 0 saturated carbocycles. The van der Waals surface area contributed by atoms with Crippen LogP contribution >= 0.6 is 0 Å². The first-order valence-corrected chi connectivity index (χ1v) is 4.59. The largest absolute Gasteiger partial charge is 2.00 e. The predicted octanol–water partition coefficient (Wildman–Crippen LogP) is -2.15. The van der Waals surface area contributed by atoms with Crippen molar-refractivity contribution in [2.24, 2.45) is 0 Å². The van der Waals surface area contributed by atoms with Gasteiger partial charge in [0.05, 0.1) is 0 Å². The quantitative estimate of drug-likeness (QED) is 0.353. The fourth-order valence-corrected chi connectivity index (χ4v) is 0.680. The summed E-state index contributed by atoms with van der Waals surface area (Å²) in [6, 6.07) is 0. The standard InChI is InChI=1S/2C5H5.C3H7.2ClH.Ti/c2*1-2-4-5-3-1;1-3-2;;;/h2*1-3H,4H2;3H,1-2H3;2*1H;/q3*-1;;;+2/p-2. The van der Waals surface area contributed by atoms with Gasteiger partial charge in [0.2, 0.25) is 0 Å². The van der Waals surface area contributed by atoms with E-state index in [4.69, 9.17) is 0 Å². The molecule has 0 nitrogen and oxygen atoms in total. The Kier molecular flexibility index (Phi) is 38.5. The summed E-state index contributed by atoms with van der Waals surface area (Å²) in [5.41, 5.74) is 0. The van der Waals surface area contributed by atoms with Crippen molar-refractivity contribution in [3.63, 3.8) is 0 Å². The molecule has 0 amide bonds. The zero-order chi connectivity index (χ0) is 9.78. The predicted molar refractivity (Wildman–Crippen MR) is 58.8 cm³/mol. The van der Waals surface area contributed by atoms with E-state index in [1.54, 1.807) is 0 Å². The van der Waals surface area contributed by atoms with E-state index >= 15 is 0 Å². The van der Waals surface area contributed by atoms with Gasteiger partial charge in [-0.25, -0.2) is 24.3 Å². The van der Waals surface area contributed by atoms with Crippen LogP contribution in [0.3, 0.4) is 0 Å². The van der Waals surface area contributed by atoms with Crippen LogP contribution in [0.25, 0.3) is 0 Å². The fourth-order valence-electron chi connectivity index (χ4n) is 0.680. The van der Waals surface area contributed by atoms with Gasteiger partial charge in [-0.2, -0.15) is 26.0 Å². The molecule has 0 unspecified atom stereocenters. The number of rotatable bonds is 0. The van der Waals surface area contributed by atoms with E-state index in [0.29, 0.717) is 0 Å². The van der Waals surface area contributed by atoms with Crippen molar-refractivity contribution in [1.82, 2.24) is 0 Å². The molecule has 3 heteroatoms. The molecule has 0 heterocycles. The van der Waals surface area contributed by atoms with Crippen molar-refractivity contribution in [1.29, 1.82) is 0 Å². The van der Waals surface area contributed by atoms with E-state index in [-0.39, 0.29) is 46.5 Å². The van der Waals surface area contributed by atoms with Gasteiger partial charge in [-0.15, -0.1) is 12.8 Å². The van der Waals surface area contributed by atoms with Crippen molar-refractivity contribution in [2.45, 2.75) is 26.7 Å². The Morgan fingerprint density at radius 1 is 0.875 bits per heavy atom. The zero-order valence-corrected chi connectivity index (χ0v) is 12.8. The molecule has 0 aromatic heterocycles. The van der Waals surface area contributed by atoms with Crippen molar-refractivity contribution in [3.8, 4) is 0 Å². The zero-order valence-electron chi connectivity index (χ0n) is 9.71. The molecule has 0 bridgehead atoms. The number of hydrogen-bond acceptors (Lipinski definition) is 0. The van der Waals surface area contributed by atoms with Crippen molar-refractivity contribution in [3.05, 3.63) is 55.0 Å². The van der Waals surface area contributed by atoms with Crippen LogP contribution in [0.1, 0.15) is 26.7 Å². The molecule has 0 atom stereocenters. The van der Waals surface area contributed by atoms with Gasteiger partial charge < -0.3 is 31.2 Å². The monoisotopic (exact) mass is 291 g/mol. The third kappa shape index (κ3) is 23.8. The third-order valence-corrected chi connectivity index (χ3v) is 1.17. The molecular formula is C13H17Cl2Ti-3. The molecule has 0 fully saturated rings. The molecule has 90 valence electrons. The van der Waals surface area contributed by atoms with E-state index < -0.39 is 0 Å². The van der Waals surface area contributed by atoms with Gasteiger partial charge in [0.15, 0.2) is 0 Å². The Morgan fingerprint density at radius 2 is 1.19 bits per heavy atom. The van der Waals surface area contributed by atoms with Gasteiger partial charge in [-0.05, 0) is 0 Å². The molecule has 0 radical (unpaired) electrons. The van der Waals surface area contributed by atoms with Crippen LogP contribution in [-0.4, -0.2) is 0 Å². The van der Waals surface area contributed by atoms with Crippen molar-refractivity contribution < 1.29 is 46.5 Å². The summed E-state index contributed by atoms with van der Waals surface area (Å²) < 4.78 is 0. The Labute approximate surface area is 128 Å². The Hall–Kier alpha value is 0.254. The first-order chi connectivity index (χ1) is 6.41. The van der Waals surface area contributed by atoms with Crippen LogP contribution in [-0.2, 0) is 21.7 Å². The summed E-state index contributed by atoms with van der Waals surface area (Å²) in [7, 11) is 0. The van der Waals surface area contributed by atoms with Crippen molar-refractivity contribution in [2.75, 3.05) is 0 Å². The Bertz CT molecular complexity index is 164. The van der Waals surface area contributed by atoms with Gasteiger partial charge >= 0.3 is 21.7 Å². The molecule has 0 N–H and O–H groups in total. The summed E-state index contributed by atoms with van der Waals surface area (Å²) in [5.74, 6) is 0. The Balaban J connectivity index is -0.0000000638. The summed E-state index contributed by atoms with van der Waals surface area (Å²) in [4.78, 5) is 0. The van der Waals surface area contributed by atoms with Gasteiger partial charge in [0.25, 0.3) is 0 Å². The second-order valence-corrected chi connectivity index (χ2v) is 2.58. The summed E-state index contributed by atoms with van der Waals surface area (Å²) >= 11 is 0. The summed E-state index contributed by atoms with van der Waals surface area (Å²) in [5, 5.41) is 0. The van der Waals surface area contributed by atoms with Gasteiger partial charge in [0.1, 0.15) is 0 Å². The van der Waals surface area contributed by atoms with Crippen LogP contribution in [0.4, 0.5) is 0 Å². The first-order valence-electron chi connectivity index (χ1n) is 4.59. The molecule has 0 aliphatic heterocycles. The smallest absolute Gasteiger partial charge is 1.00 e. The van der Waals surface area contributed by atoms with E-state index in [1.165, 1.54) is 0 Å². The molecule has 2 rings (SSSR count). The maximum absolute atomic E-state index is 2.99. The molecular weight excluding hydrogens is 275 g/mol. The van der Waals surface area contributed by atoms with E-state index in [1.807, 2.05) is 44.6 Å². The van der Waals surface area contributed by atoms with Crippen LogP contribution in [0.15, 0.2) is 36.5 Å². The molecule has 0 spiro atoms. The van der Waals surface area contributed by atoms with E-state index in [0.717, 1.165) is 12.8 Å². The number of hydrogen-bond donors (Lipinski definition) is 0. The minimum atomic E-state index is 0. The van der Waals surface area contributed by atoms with Crippen molar-refractivity contribution >= 4 is 0 Å². The summed E-state index contributed by atoms with van der Waals surface area (Å²) in [6.07, 6.45) is 22.0. The topological polar surface area (TPSA) is 0 Å². The fraction of sp³-hybridized carbons (Fsp3) is 0.308. The molecule has 0 saturated heterocycles. The SMILES string of the molecule is C[CH-]C.[C-]1=CC=CC1.[C-]1=CC=CC1.[Cl-].[Cl-].[Ti+2]. The van der Waals surface area contributed by atoms with E-state index in [2.05, 4.69) is 24.3 Å². The molecule has 2 aliphatic rings. The van der Waals surface area contributed by atoms with Gasteiger partial charge in [0, 0.05) is 0 Å². The number of halogens is 2. The number of allylic oxidation sites excluding steroid dienone is 8. The maximum atomic E-state index is 2.99.